The number of ether oxygens (including phenoxy) is 2. The second-order valence-electron chi connectivity index (χ2n) is 4.81. The highest BCUT2D eigenvalue weighted by atomic mass is 127. The Morgan fingerprint density at radius 2 is 1.68 bits per heavy atom. The van der Waals surface area contributed by atoms with E-state index in [1.54, 1.807) is 6.07 Å². The van der Waals surface area contributed by atoms with Crippen molar-refractivity contribution in [1.82, 2.24) is 5.43 Å². The minimum atomic E-state index is -4.54. The number of methoxy groups -OCH3 is 2. The summed E-state index contributed by atoms with van der Waals surface area (Å²) in [7, 11) is 2.88. The van der Waals surface area contributed by atoms with E-state index in [0.717, 1.165) is 6.07 Å². The smallest absolute Gasteiger partial charge is 0.418 e. The van der Waals surface area contributed by atoms with Crippen LogP contribution in [0, 0.1) is 3.57 Å². The van der Waals surface area contributed by atoms with Gasteiger partial charge in [0.05, 0.1) is 31.0 Å². The van der Waals surface area contributed by atoms with E-state index in [4.69, 9.17) is 9.47 Å². The van der Waals surface area contributed by atoms with Gasteiger partial charge >= 0.3 is 6.18 Å². The molecule has 0 aliphatic heterocycles. The summed E-state index contributed by atoms with van der Waals surface area (Å²) in [6, 6.07) is 7.90. The minimum absolute atomic E-state index is 0.232. The summed E-state index contributed by atoms with van der Waals surface area (Å²) in [6.45, 7) is 0. The number of benzene rings is 2. The quantitative estimate of drug-likeness (QED) is 0.515. The Labute approximate surface area is 155 Å². The molecule has 0 radical (unpaired) electrons. The molecule has 0 heterocycles. The van der Waals surface area contributed by atoms with Crippen molar-refractivity contribution in [3.63, 3.8) is 0 Å². The fraction of sp³-hybridized carbons (Fsp3) is 0.188. The first-order valence-electron chi connectivity index (χ1n) is 6.92. The van der Waals surface area contributed by atoms with Crippen LogP contribution in [0.25, 0.3) is 0 Å². The second kappa shape index (κ2) is 7.81. The molecule has 2 aromatic rings. The van der Waals surface area contributed by atoms with Crippen molar-refractivity contribution in [2.24, 2.45) is 0 Å². The number of hydrogen-bond acceptors (Lipinski definition) is 4. The van der Waals surface area contributed by atoms with Crippen LogP contribution in [0.2, 0.25) is 0 Å². The number of alkyl halides is 3. The number of hydrogen-bond donors (Lipinski definition) is 2. The highest BCUT2D eigenvalue weighted by Crippen LogP contribution is 2.34. The number of halogens is 4. The van der Waals surface area contributed by atoms with Gasteiger partial charge in [-0.3, -0.25) is 15.6 Å². The second-order valence-corrected chi connectivity index (χ2v) is 5.97. The van der Waals surface area contributed by atoms with E-state index >= 15 is 0 Å². The molecule has 5 nitrogen and oxygen atoms in total. The molecule has 0 saturated heterocycles. The van der Waals surface area contributed by atoms with Crippen molar-refractivity contribution in [2.75, 3.05) is 19.6 Å². The van der Waals surface area contributed by atoms with E-state index in [1.165, 1.54) is 38.5 Å². The molecule has 0 aliphatic rings. The van der Waals surface area contributed by atoms with E-state index in [1.807, 2.05) is 22.6 Å². The Morgan fingerprint density at radius 3 is 2.28 bits per heavy atom. The number of para-hydroxylation sites is 1. The predicted molar refractivity (Wildman–Crippen MR) is 94.8 cm³/mol. The van der Waals surface area contributed by atoms with Crippen LogP contribution in [0.15, 0.2) is 36.4 Å². The summed E-state index contributed by atoms with van der Waals surface area (Å²) >= 11 is 1.93. The largest absolute Gasteiger partial charge is 0.493 e. The third kappa shape index (κ3) is 4.47. The molecule has 0 spiro atoms. The molecular formula is C16H14F3IN2O3. The van der Waals surface area contributed by atoms with Gasteiger partial charge in [0.15, 0.2) is 11.5 Å². The highest BCUT2D eigenvalue weighted by Gasteiger charge is 2.33. The molecule has 134 valence electrons. The number of nitrogens with one attached hydrogen (secondary N) is 2. The maximum atomic E-state index is 13.0. The van der Waals surface area contributed by atoms with Crippen LogP contribution in [0.3, 0.4) is 0 Å². The standard InChI is InChI=1S/C16H14F3IN2O3/c1-24-13-7-9(11(20)8-14(13)25-2)15(23)22-21-12-6-4-3-5-10(12)16(17,18)19/h3-8,21H,1-2H3,(H,22,23). The normalized spacial score (nSPS) is 11.0. The van der Waals surface area contributed by atoms with Crippen molar-refractivity contribution in [1.29, 1.82) is 0 Å². The van der Waals surface area contributed by atoms with Crippen LogP contribution in [-0.2, 0) is 6.18 Å². The molecule has 0 bridgehead atoms. The predicted octanol–water partition coefficient (Wildman–Crippen LogP) is 4.08. The summed E-state index contributed by atoms with van der Waals surface area (Å²) in [5.41, 5.74) is 3.69. The molecule has 25 heavy (non-hydrogen) atoms. The molecular weight excluding hydrogens is 452 g/mol. The molecule has 9 heteroatoms. The molecule has 1 amide bonds. The first-order chi connectivity index (χ1) is 11.8. The van der Waals surface area contributed by atoms with Crippen LogP contribution < -0.4 is 20.3 Å². The summed E-state index contributed by atoms with van der Waals surface area (Å²) in [5, 5.41) is 0. The van der Waals surface area contributed by atoms with Gasteiger partial charge in [0.25, 0.3) is 5.91 Å². The third-order valence-electron chi connectivity index (χ3n) is 3.26. The van der Waals surface area contributed by atoms with E-state index in [2.05, 4.69) is 10.9 Å². The van der Waals surface area contributed by atoms with E-state index in [-0.39, 0.29) is 11.3 Å². The van der Waals surface area contributed by atoms with Gasteiger partial charge in [-0.15, -0.1) is 0 Å². The number of carbonyl (C=O) groups excluding carboxylic acids is 1. The van der Waals surface area contributed by atoms with Crippen molar-refractivity contribution < 1.29 is 27.4 Å². The van der Waals surface area contributed by atoms with Gasteiger partial charge in [-0.25, -0.2) is 0 Å². The average molecular weight is 466 g/mol. The molecule has 2 N–H and O–H groups in total. The van der Waals surface area contributed by atoms with Gasteiger partial charge in [-0.2, -0.15) is 13.2 Å². The summed E-state index contributed by atoms with van der Waals surface area (Å²) in [6.07, 6.45) is -4.54. The zero-order valence-electron chi connectivity index (χ0n) is 13.2. The monoisotopic (exact) mass is 466 g/mol. The van der Waals surface area contributed by atoms with Crippen molar-refractivity contribution in [3.8, 4) is 11.5 Å². The maximum Gasteiger partial charge on any atom is 0.418 e. The van der Waals surface area contributed by atoms with Gasteiger partial charge in [0.1, 0.15) is 0 Å². The molecule has 0 aliphatic carbocycles. The van der Waals surface area contributed by atoms with Gasteiger partial charge < -0.3 is 9.47 Å². The summed E-state index contributed by atoms with van der Waals surface area (Å²) in [4.78, 5) is 12.3. The number of carbonyl (C=O) groups is 1. The molecule has 0 saturated carbocycles. The molecule has 0 aromatic heterocycles. The Balaban J connectivity index is 2.22. The van der Waals surface area contributed by atoms with Crippen molar-refractivity contribution in [3.05, 3.63) is 51.1 Å². The summed E-state index contributed by atoms with van der Waals surface area (Å²) in [5.74, 6) is 0.171. The SMILES string of the molecule is COc1cc(I)c(C(=O)NNc2ccccc2C(F)(F)F)cc1OC. The van der Waals surface area contributed by atoms with Crippen LogP contribution in [-0.4, -0.2) is 20.1 Å². The van der Waals surface area contributed by atoms with Gasteiger partial charge in [-0.05, 0) is 46.9 Å². The van der Waals surface area contributed by atoms with Gasteiger partial charge in [0, 0.05) is 3.57 Å². The van der Waals surface area contributed by atoms with Crippen LogP contribution in [0.5, 0.6) is 11.5 Å². The van der Waals surface area contributed by atoms with Crippen LogP contribution >= 0.6 is 22.6 Å². The minimum Gasteiger partial charge on any atom is -0.493 e. The lowest BCUT2D eigenvalue weighted by Gasteiger charge is -2.16. The lowest BCUT2D eigenvalue weighted by molar-refractivity contribution is -0.137. The fourth-order valence-electron chi connectivity index (χ4n) is 2.06. The Morgan fingerprint density at radius 1 is 1.08 bits per heavy atom. The van der Waals surface area contributed by atoms with E-state index < -0.39 is 17.6 Å². The molecule has 2 aromatic carbocycles. The Kier molecular flexibility index (Phi) is 5.98. The number of hydrazine groups is 1. The van der Waals surface area contributed by atoms with Gasteiger partial charge in [0.2, 0.25) is 0 Å². The van der Waals surface area contributed by atoms with Crippen molar-refractivity contribution >= 4 is 34.2 Å². The lowest BCUT2D eigenvalue weighted by Crippen LogP contribution is -2.31. The molecule has 2 rings (SSSR count). The zero-order valence-corrected chi connectivity index (χ0v) is 15.4. The average Bonchev–Trinajstić information content (AvgIpc) is 2.58. The van der Waals surface area contributed by atoms with E-state index in [0.29, 0.717) is 15.1 Å². The molecule has 0 atom stereocenters. The summed E-state index contributed by atoms with van der Waals surface area (Å²) < 4.78 is 49.7. The Hall–Kier alpha value is -2.17. The number of anilines is 1. The van der Waals surface area contributed by atoms with Crippen molar-refractivity contribution in [2.45, 2.75) is 6.18 Å². The van der Waals surface area contributed by atoms with Gasteiger partial charge in [-0.1, -0.05) is 12.1 Å². The highest BCUT2D eigenvalue weighted by molar-refractivity contribution is 14.1. The zero-order chi connectivity index (χ0) is 18.6. The Bertz CT molecular complexity index is 782. The maximum absolute atomic E-state index is 13.0. The van der Waals surface area contributed by atoms with Crippen LogP contribution in [0.4, 0.5) is 18.9 Å². The molecule has 0 fully saturated rings. The first kappa shape index (κ1) is 19.2. The fourth-order valence-corrected chi connectivity index (χ4v) is 2.74. The third-order valence-corrected chi connectivity index (χ3v) is 4.15. The lowest BCUT2D eigenvalue weighted by atomic mass is 10.1. The number of amides is 1. The topological polar surface area (TPSA) is 59.6 Å². The molecule has 0 unspecified atom stereocenters. The van der Waals surface area contributed by atoms with E-state index in [9.17, 15) is 18.0 Å². The first-order valence-corrected chi connectivity index (χ1v) is 8.00. The number of rotatable bonds is 5. The van der Waals surface area contributed by atoms with Crippen LogP contribution in [0.1, 0.15) is 15.9 Å².